The van der Waals surface area contributed by atoms with Crippen molar-refractivity contribution < 1.29 is 14.3 Å². The highest BCUT2D eigenvalue weighted by atomic mass is 16.5. The standard InChI is InChI=1S/C17H23N5O3/c1-12(14-5-4-6-15(11-14)19-13(2)23)18-17(24)20-16-7-8-22(21-16)9-10-25-3/h4-8,11-12H,9-10H2,1-3H3,(H,19,23)(H2,18,20,21,24)/t12-/m0/s1. The number of rotatable bonds is 7. The van der Waals surface area contributed by atoms with Crippen LogP contribution in [-0.4, -0.2) is 35.4 Å². The van der Waals surface area contributed by atoms with Crippen LogP contribution in [0.2, 0.25) is 0 Å². The maximum atomic E-state index is 12.1. The van der Waals surface area contributed by atoms with Crippen molar-refractivity contribution in [1.29, 1.82) is 0 Å². The molecule has 1 heterocycles. The Balaban J connectivity index is 1.91. The third kappa shape index (κ3) is 5.92. The summed E-state index contributed by atoms with van der Waals surface area (Å²) < 4.78 is 6.68. The highest BCUT2D eigenvalue weighted by molar-refractivity contribution is 5.89. The van der Waals surface area contributed by atoms with E-state index < -0.39 is 0 Å². The topological polar surface area (TPSA) is 97.3 Å². The first-order valence-electron chi connectivity index (χ1n) is 7.95. The normalized spacial score (nSPS) is 11.6. The zero-order valence-corrected chi connectivity index (χ0v) is 14.6. The molecule has 1 atom stereocenters. The van der Waals surface area contributed by atoms with Gasteiger partial charge in [0.15, 0.2) is 5.82 Å². The fourth-order valence-electron chi connectivity index (χ4n) is 2.26. The zero-order valence-electron chi connectivity index (χ0n) is 14.6. The summed E-state index contributed by atoms with van der Waals surface area (Å²) in [7, 11) is 1.62. The second kappa shape index (κ2) is 8.84. The Morgan fingerprint density at radius 1 is 1.28 bits per heavy atom. The molecular weight excluding hydrogens is 322 g/mol. The zero-order chi connectivity index (χ0) is 18.2. The van der Waals surface area contributed by atoms with Gasteiger partial charge < -0.3 is 15.4 Å². The number of hydrogen-bond donors (Lipinski definition) is 3. The molecule has 134 valence electrons. The summed E-state index contributed by atoms with van der Waals surface area (Å²) in [6.45, 7) is 4.48. The van der Waals surface area contributed by atoms with Gasteiger partial charge in [-0.05, 0) is 24.6 Å². The van der Waals surface area contributed by atoms with Crippen LogP contribution >= 0.6 is 0 Å². The molecular formula is C17H23N5O3. The Hall–Kier alpha value is -2.87. The highest BCUT2D eigenvalue weighted by Crippen LogP contribution is 2.17. The van der Waals surface area contributed by atoms with Gasteiger partial charge in [-0.1, -0.05) is 12.1 Å². The first-order valence-corrected chi connectivity index (χ1v) is 7.95. The van der Waals surface area contributed by atoms with Gasteiger partial charge in [0, 0.05) is 32.0 Å². The molecule has 0 fully saturated rings. The highest BCUT2D eigenvalue weighted by Gasteiger charge is 2.11. The lowest BCUT2D eigenvalue weighted by atomic mass is 10.1. The number of nitrogens with one attached hydrogen (secondary N) is 3. The summed E-state index contributed by atoms with van der Waals surface area (Å²) in [6.07, 6.45) is 1.77. The number of ether oxygens (including phenoxy) is 1. The van der Waals surface area contributed by atoms with Crippen LogP contribution in [0.3, 0.4) is 0 Å². The Morgan fingerprint density at radius 3 is 2.80 bits per heavy atom. The smallest absolute Gasteiger partial charge is 0.320 e. The minimum atomic E-state index is -0.352. The number of urea groups is 1. The van der Waals surface area contributed by atoms with Gasteiger partial charge in [-0.25, -0.2) is 4.79 Å². The van der Waals surface area contributed by atoms with Crippen molar-refractivity contribution >= 4 is 23.4 Å². The van der Waals surface area contributed by atoms with Crippen molar-refractivity contribution in [3.05, 3.63) is 42.1 Å². The van der Waals surface area contributed by atoms with Crippen molar-refractivity contribution in [3.63, 3.8) is 0 Å². The molecule has 25 heavy (non-hydrogen) atoms. The van der Waals surface area contributed by atoms with E-state index in [9.17, 15) is 9.59 Å². The Kier molecular flexibility index (Phi) is 6.53. The van der Waals surface area contributed by atoms with Crippen molar-refractivity contribution in [2.75, 3.05) is 24.4 Å². The Morgan fingerprint density at radius 2 is 2.08 bits per heavy atom. The molecule has 2 rings (SSSR count). The predicted octanol–water partition coefficient (Wildman–Crippen LogP) is 2.37. The number of hydrogen-bond acceptors (Lipinski definition) is 4. The van der Waals surface area contributed by atoms with Crippen LogP contribution in [-0.2, 0) is 16.1 Å². The summed E-state index contributed by atoms with van der Waals surface area (Å²) in [5.74, 6) is 0.326. The number of nitrogens with zero attached hydrogens (tertiary/aromatic N) is 2. The number of benzene rings is 1. The third-order valence-corrected chi connectivity index (χ3v) is 3.46. The van der Waals surface area contributed by atoms with Gasteiger partial charge >= 0.3 is 6.03 Å². The minimum Gasteiger partial charge on any atom is -0.383 e. The molecule has 8 nitrogen and oxygen atoms in total. The van der Waals surface area contributed by atoms with Crippen molar-refractivity contribution in [3.8, 4) is 0 Å². The Bertz CT molecular complexity index is 729. The predicted molar refractivity (Wildman–Crippen MR) is 95.4 cm³/mol. The van der Waals surface area contributed by atoms with Crippen LogP contribution in [0.5, 0.6) is 0 Å². The van der Waals surface area contributed by atoms with E-state index in [1.54, 1.807) is 30.1 Å². The fourth-order valence-corrected chi connectivity index (χ4v) is 2.26. The van der Waals surface area contributed by atoms with Gasteiger partial charge in [0.1, 0.15) is 0 Å². The molecule has 0 aliphatic heterocycles. The molecule has 0 aliphatic rings. The van der Waals surface area contributed by atoms with E-state index in [1.807, 2.05) is 25.1 Å². The molecule has 0 saturated carbocycles. The van der Waals surface area contributed by atoms with E-state index in [4.69, 9.17) is 4.74 Å². The monoisotopic (exact) mass is 345 g/mol. The molecule has 0 saturated heterocycles. The quantitative estimate of drug-likeness (QED) is 0.717. The van der Waals surface area contributed by atoms with Crippen LogP contribution in [0.15, 0.2) is 36.5 Å². The molecule has 0 unspecified atom stereocenters. The summed E-state index contributed by atoms with van der Waals surface area (Å²) in [6, 6.07) is 8.47. The minimum absolute atomic E-state index is 0.139. The Labute approximate surface area is 146 Å². The number of methoxy groups -OCH3 is 1. The van der Waals surface area contributed by atoms with Crippen LogP contribution in [0.1, 0.15) is 25.5 Å². The van der Waals surface area contributed by atoms with Crippen molar-refractivity contribution in [2.24, 2.45) is 0 Å². The summed E-state index contributed by atoms with van der Waals surface area (Å²) >= 11 is 0. The third-order valence-electron chi connectivity index (χ3n) is 3.46. The van der Waals surface area contributed by atoms with Crippen molar-refractivity contribution in [2.45, 2.75) is 26.4 Å². The number of aromatic nitrogens is 2. The van der Waals surface area contributed by atoms with Gasteiger partial charge in [0.2, 0.25) is 5.91 Å². The van der Waals surface area contributed by atoms with Crippen LogP contribution < -0.4 is 16.0 Å². The van der Waals surface area contributed by atoms with Gasteiger partial charge in [-0.15, -0.1) is 0 Å². The lowest BCUT2D eigenvalue weighted by molar-refractivity contribution is -0.114. The number of anilines is 2. The molecule has 3 amide bonds. The molecule has 2 aromatic rings. The van der Waals surface area contributed by atoms with Gasteiger partial charge in [0.25, 0.3) is 0 Å². The molecule has 8 heteroatoms. The van der Waals surface area contributed by atoms with Crippen LogP contribution in [0, 0.1) is 0 Å². The summed E-state index contributed by atoms with van der Waals surface area (Å²) in [5.41, 5.74) is 1.57. The first kappa shape index (κ1) is 18.5. The number of carbonyl (C=O) groups is 2. The molecule has 0 radical (unpaired) electrons. The molecule has 0 bridgehead atoms. The summed E-state index contributed by atoms with van der Waals surface area (Å²) in [4.78, 5) is 23.3. The van der Waals surface area contributed by atoms with Gasteiger partial charge in [0.05, 0.1) is 19.2 Å². The van der Waals surface area contributed by atoms with E-state index in [0.29, 0.717) is 24.7 Å². The van der Waals surface area contributed by atoms with Gasteiger partial charge in [-0.3, -0.25) is 14.8 Å². The molecule has 3 N–H and O–H groups in total. The first-order chi connectivity index (χ1) is 12.0. The van der Waals surface area contributed by atoms with Crippen molar-refractivity contribution in [1.82, 2.24) is 15.1 Å². The summed E-state index contributed by atoms with van der Waals surface area (Å²) in [5, 5.41) is 12.5. The number of carbonyl (C=O) groups excluding carboxylic acids is 2. The van der Waals surface area contributed by atoms with E-state index in [2.05, 4.69) is 21.0 Å². The van der Waals surface area contributed by atoms with E-state index in [1.165, 1.54) is 6.92 Å². The SMILES string of the molecule is COCCn1ccc(NC(=O)N[C@@H](C)c2cccc(NC(C)=O)c2)n1. The largest absolute Gasteiger partial charge is 0.383 e. The second-order valence-electron chi connectivity index (χ2n) is 5.58. The lowest BCUT2D eigenvalue weighted by Crippen LogP contribution is -2.31. The molecule has 0 aliphatic carbocycles. The molecule has 0 spiro atoms. The average Bonchev–Trinajstić information content (AvgIpc) is 2.99. The van der Waals surface area contributed by atoms with E-state index >= 15 is 0 Å². The molecule has 1 aromatic heterocycles. The van der Waals surface area contributed by atoms with Gasteiger partial charge in [-0.2, -0.15) is 5.10 Å². The maximum Gasteiger partial charge on any atom is 0.320 e. The molecule has 1 aromatic carbocycles. The van der Waals surface area contributed by atoms with Crippen LogP contribution in [0.4, 0.5) is 16.3 Å². The van der Waals surface area contributed by atoms with E-state index in [0.717, 1.165) is 5.56 Å². The second-order valence-corrected chi connectivity index (χ2v) is 5.58. The maximum absolute atomic E-state index is 12.1. The fraction of sp³-hybridized carbons (Fsp3) is 0.353. The van der Waals surface area contributed by atoms with E-state index in [-0.39, 0.29) is 18.0 Å². The lowest BCUT2D eigenvalue weighted by Gasteiger charge is -2.15. The van der Waals surface area contributed by atoms with Crippen LogP contribution in [0.25, 0.3) is 0 Å². The average molecular weight is 345 g/mol. The number of amides is 3.